The van der Waals surface area contributed by atoms with Crippen LogP contribution in [-0.4, -0.2) is 20.5 Å². The molecule has 2 aromatic carbocycles. The highest BCUT2D eigenvalue weighted by Gasteiger charge is 2.34. The van der Waals surface area contributed by atoms with Crippen LogP contribution in [0.25, 0.3) is 11.5 Å². The molecule has 1 aromatic heterocycles. The maximum atomic E-state index is 13.0. The van der Waals surface area contributed by atoms with Gasteiger partial charge in [-0.1, -0.05) is 40.7 Å². The van der Waals surface area contributed by atoms with Crippen LogP contribution in [0.5, 0.6) is 0 Å². The zero-order valence-corrected chi connectivity index (χ0v) is 12.7. The van der Waals surface area contributed by atoms with Crippen molar-refractivity contribution >= 4 is 5.69 Å². The number of hydrogen-bond acceptors (Lipinski definition) is 6. The van der Waals surface area contributed by atoms with Crippen molar-refractivity contribution < 1.29 is 22.9 Å². The molecule has 6 nitrogen and oxygen atoms in total. The number of hydrazine groups is 1. The van der Waals surface area contributed by atoms with E-state index in [9.17, 15) is 18.4 Å². The largest absolute Gasteiger partial charge is 0.417 e. The molecular weight excluding hydrogens is 337 g/mol. The highest BCUT2D eigenvalue weighted by atomic mass is 19.4. The molecule has 0 fully saturated rings. The van der Waals surface area contributed by atoms with Gasteiger partial charge in [-0.25, -0.2) is 0 Å². The highest BCUT2D eigenvalue weighted by Crippen LogP contribution is 2.36. The lowest BCUT2D eigenvalue weighted by Crippen LogP contribution is -2.25. The Hall–Kier alpha value is -2.91. The fraction of sp³-hybridized carbons (Fsp3) is 0.125. The Morgan fingerprint density at radius 3 is 2.44 bits per heavy atom. The molecule has 0 aliphatic heterocycles. The minimum absolute atomic E-state index is 0.0258. The first-order valence-electron chi connectivity index (χ1n) is 7.21. The van der Waals surface area contributed by atoms with Crippen LogP contribution in [0.2, 0.25) is 0 Å². The summed E-state index contributed by atoms with van der Waals surface area (Å²) >= 11 is 0. The number of hydroxylamine groups is 1. The molecule has 2 N–H and O–H groups in total. The number of alkyl halides is 3. The predicted octanol–water partition coefficient (Wildman–Crippen LogP) is 3.97. The van der Waals surface area contributed by atoms with Gasteiger partial charge in [0.2, 0.25) is 0 Å². The van der Waals surface area contributed by atoms with Crippen molar-refractivity contribution in [1.82, 2.24) is 15.3 Å². The fourth-order valence-electron chi connectivity index (χ4n) is 2.18. The van der Waals surface area contributed by atoms with E-state index in [1.807, 2.05) is 6.07 Å². The molecule has 1 heterocycles. The summed E-state index contributed by atoms with van der Waals surface area (Å²) < 4.78 is 44.0. The van der Waals surface area contributed by atoms with Crippen molar-refractivity contribution in [3.05, 3.63) is 66.0 Å². The molecule has 0 saturated carbocycles. The van der Waals surface area contributed by atoms with Gasteiger partial charge in [0.25, 0.3) is 5.89 Å². The molecule has 3 rings (SSSR count). The Morgan fingerprint density at radius 1 is 1.04 bits per heavy atom. The van der Waals surface area contributed by atoms with Gasteiger partial charge in [-0.3, -0.25) is 10.6 Å². The SMILES string of the molecule is ON(Cc1noc(-c2ccccc2C(F)(F)F)n1)Nc1ccccc1. The topological polar surface area (TPSA) is 74.4 Å². The third-order valence-corrected chi connectivity index (χ3v) is 3.25. The van der Waals surface area contributed by atoms with E-state index in [0.29, 0.717) is 10.9 Å². The molecule has 0 aliphatic carbocycles. The summed E-state index contributed by atoms with van der Waals surface area (Å²) in [5.74, 6) is -0.242. The second-order valence-corrected chi connectivity index (χ2v) is 5.09. The second-order valence-electron chi connectivity index (χ2n) is 5.09. The van der Waals surface area contributed by atoms with Crippen LogP contribution in [0.1, 0.15) is 11.4 Å². The lowest BCUT2D eigenvalue weighted by molar-refractivity contribution is -0.137. The van der Waals surface area contributed by atoms with E-state index in [1.54, 1.807) is 24.3 Å². The fourth-order valence-corrected chi connectivity index (χ4v) is 2.18. The Balaban J connectivity index is 1.75. The van der Waals surface area contributed by atoms with E-state index in [-0.39, 0.29) is 23.8 Å². The zero-order valence-electron chi connectivity index (χ0n) is 12.7. The quantitative estimate of drug-likeness (QED) is 0.678. The van der Waals surface area contributed by atoms with E-state index in [1.165, 1.54) is 18.2 Å². The number of hydrogen-bond donors (Lipinski definition) is 2. The zero-order chi connectivity index (χ0) is 17.9. The summed E-state index contributed by atoms with van der Waals surface area (Å²) in [5, 5.41) is 14.2. The van der Waals surface area contributed by atoms with Gasteiger partial charge in [0, 0.05) is 0 Å². The van der Waals surface area contributed by atoms with Gasteiger partial charge in [-0.15, -0.1) is 0 Å². The predicted molar refractivity (Wildman–Crippen MR) is 82.1 cm³/mol. The third kappa shape index (κ3) is 4.14. The molecule has 0 spiro atoms. The number of nitrogens with zero attached hydrogens (tertiary/aromatic N) is 3. The number of rotatable bonds is 5. The normalized spacial score (nSPS) is 11.7. The van der Waals surface area contributed by atoms with Crippen molar-refractivity contribution in [2.75, 3.05) is 5.43 Å². The van der Waals surface area contributed by atoms with Crippen LogP contribution in [0, 0.1) is 0 Å². The first kappa shape index (κ1) is 16.9. The van der Waals surface area contributed by atoms with Crippen LogP contribution in [0.15, 0.2) is 59.1 Å². The van der Waals surface area contributed by atoms with Gasteiger partial charge in [0.1, 0.15) is 6.54 Å². The molecule has 130 valence electrons. The third-order valence-electron chi connectivity index (χ3n) is 3.25. The summed E-state index contributed by atoms with van der Waals surface area (Å²) in [5.41, 5.74) is 2.20. The Labute approximate surface area is 140 Å². The standard InChI is InChI=1S/C16H13F3N4O2/c17-16(18,19)13-9-5-4-8-12(13)15-20-14(22-25-15)10-23(24)21-11-6-2-1-3-7-11/h1-9,21,24H,10H2. The second kappa shape index (κ2) is 6.91. The molecule has 25 heavy (non-hydrogen) atoms. The summed E-state index contributed by atoms with van der Waals surface area (Å²) in [6.07, 6.45) is -4.54. The molecule has 0 amide bonds. The molecule has 3 aromatic rings. The van der Waals surface area contributed by atoms with Gasteiger partial charge in [-0.2, -0.15) is 18.2 Å². The van der Waals surface area contributed by atoms with E-state index in [2.05, 4.69) is 15.6 Å². The van der Waals surface area contributed by atoms with Crippen LogP contribution in [0.4, 0.5) is 18.9 Å². The van der Waals surface area contributed by atoms with Crippen molar-refractivity contribution in [2.45, 2.75) is 12.7 Å². The first-order valence-corrected chi connectivity index (χ1v) is 7.21. The minimum atomic E-state index is -4.54. The summed E-state index contributed by atoms with van der Waals surface area (Å²) in [7, 11) is 0. The maximum absolute atomic E-state index is 13.0. The smallest absolute Gasteiger partial charge is 0.334 e. The van der Waals surface area contributed by atoms with Gasteiger partial charge >= 0.3 is 6.18 Å². The molecule has 0 bridgehead atoms. The van der Waals surface area contributed by atoms with E-state index in [0.717, 1.165) is 6.07 Å². The highest BCUT2D eigenvalue weighted by molar-refractivity contribution is 5.59. The van der Waals surface area contributed by atoms with E-state index in [4.69, 9.17) is 4.52 Å². The Bertz CT molecular complexity index is 837. The van der Waals surface area contributed by atoms with Crippen molar-refractivity contribution in [3.63, 3.8) is 0 Å². The first-order chi connectivity index (χ1) is 11.9. The maximum Gasteiger partial charge on any atom is 0.417 e. The number of benzene rings is 2. The van der Waals surface area contributed by atoms with Crippen LogP contribution < -0.4 is 5.43 Å². The lowest BCUT2D eigenvalue weighted by Gasteiger charge is -2.14. The van der Waals surface area contributed by atoms with Crippen LogP contribution >= 0.6 is 0 Å². The Kier molecular flexibility index (Phi) is 4.68. The molecular formula is C16H13F3N4O2. The average molecular weight is 350 g/mol. The molecule has 9 heteroatoms. The van der Waals surface area contributed by atoms with Gasteiger partial charge in [0.05, 0.1) is 16.8 Å². The number of anilines is 1. The van der Waals surface area contributed by atoms with Gasteiger partial charge in [0.15, 0.2) is 5.82 Å². The van der Waals surface area contributed by atoms with E-state index < -0.39 is 11.7 Å². The van der Waals surface area contributed by atoms with Crippen molar-refractivity contribution in [2.24, 2.45) is 0 Å². The average Bonchev–Trinajstić information content (AvgIpc) is 3.03. The molecule has 0 aliphatic rings. The van der Waals surface area contributed by atoms with Gasteiger partial charge in [-0.05, 0) is 24.3 Å². The number of para-hydroxylation sites is 1. The number of aromatic nitrogens is 2. The molecule has 0 unspecified atom stereocenters. The minimum Gasteiger partial charge on any atom is -0.334 e. The number of nitrogens with one attached hydrogen (secondary N) is 1. The summed E-state index contributed by atoms with van der Waals surface area (Å²) in [4.78, 5) is 3.92. The summed E-state index contributed by atoms with van der Waals surface area (Å²) in [6.45, 7) is -0.188. The Morgan fingerprint density at radius 2 is 1.72 bits per heavy atom. The number of halogens is 3. The molecule has 0 radical (unpaired) electrons. The molecule has 0 saturated heterocycles. The lowest BCUT2D eigenvalue weighted by atomic mass is 10.1. The molecule has 0 atom stereocenters. The van der Waals surface area contributed by atoms with Crippen molar-refractivity contribution in [3.8, 4) is 11.5 Å². The van der Waals surface area contributed by atoms with Gasteiger partial charge < -0.3 is 4.52 Å². The summed E-state index contributed by atoms with van der Waals surface area (Å²) in [6, 6.07) is 13.7. The van der Waals surface area contributed by atoms with Crippen LogP contribution in [-0.2, 0) is 12.7 Å². The monoisotopic (exact) mass is 350 g/mol. The van der Waals surface area contributed by atoms with Crippen LogP contribution in [0.3, 0.4) is 0 Å². The van der Waals surface area contributed by atoms with Crippen molar-refractivity contribution in [1.29, 1.82) is 0 Å². The van der Waals surface area contributed by atoms with E-state index >= 15 is 0 Å².